The van der Waals surface area contributed by atoms with Crippen LogP contribution in [0.2, 0.25) is 5.02 Å². The largest absolute Gasteiger partial charge is 0.462 e. The number of halogens is 1. The number of carbonyl (C=O) groups is 1. The van der Waals surface area contributed by atoms with Crippen LogP contribution < -0.4 is 5.14 Å². The van der Waals surface area contributed by atoms with Crippen molar-refractivity contribution < 1.29 is 22.4 Å². The highest BCUT2D eigenvalue weighted by molar-refractivity contribution is 7.89. The van der Waals surface area contributed by atoms with Gasteiger partial charge in [0.15, 0.2) is 0 Å². The van der Waals surface area contributed by atoms with Crippen molar-refractivity contribution in [2.24, 2.45) is 5.14 Å². The molecule has 0 bridgehead atoms. The van der Waals surface area contributed by atoms with Gasteiger partial charge in [-0.3, -0.25) is 0 Å². The number of nitrogens with zero attached hydrogens (tertiary/aromatic N) is 1. The maximum Gasteiger partial charge on any atom is 0.340 e. The standard InChI is InChI=1S/C28H23ClN2O5S/c1-3-35-28(32)25-17(2)31(21-12-14-22(15-13-21)37(30,33)34)27(19-7-10-20(29)11-8-19)26(25)24-16-9-18-5-4-6-23(18)36-24/h4-16H,3H2,1-2H3,(H2,30,33,34). The zero-order valence-electron chi connectivity index (χ0n) is 20.1. The molecule has 0 fully saturated rings. The molecule has 3 aromatic rings. The van der Waals surface area contributed by atoms with Gasteiger partial charge in [-0.2, -0.15) is 0 Å². The van der Waals surface area contributed by atoms with E-state index in [-0.39, 0.29) is 11.5 Å². The average Bonchev–Trinajstić information content (AvgIpc) is 3.46. The van der Waals surface area contributed by atoms with Gasteiger partial charge in [0.1, 0.15) is 11.5 Å². The minimum absolute atomic E-state index is 0.0170. The Balaban J connectivity index is 1.87. The Bertz CT molecular complexity index is 1680. The van der Waals surface area contributed by atoms with Gasteiger partial charge < -0.3 is 13.7 Å². The van der Waals surface area contributed by atoms with Crippen LogP contribution in [0.15, 0.2) is 88.2 Å². The van der Waals surface area contributed by atoms with E-state index in [9.17, 15) is 13.2 Å². The van der Waals surface area contributed by atoms with E-state index in [4.69, 9.17) is 25.9 Å². The molecule has 0 unspecified atom stereocenters. The fraction of sp³-hybridized carbons (Fsp3) is 0.107. The molecule has 0 spiro atoms. The summed E-state index contributed by atoms with van der Waals surface area (Å²) in [5.74, 6) is 0.662. The van der Waals surface area contributed by atoms with Crippen LogP contribution in [-0.4, -0.2) is 25.6 Å². The number of nitrogens with two attached hydrogens (primary N) is 1. The van der Waals surface area contributed by atoms with E-state index in [0.717, 1.165) is 11.1 Å². The van der Waals surface area contributed by atoms with Crippen molar-refractivity contribution in [2.75, 3.05) is 6.61 Å². The van der Waals surface area contributed by atoms with Crippen LogP contribution in [0.1, 0.15) is 23.0 Å². The Kier molecular flexibility index (Phi) is 6.41. The molecule has 2 aliphatic rings. The normalized spacial score (nSPS) is 11.7. The van der Waals surface area contributed by atoms with E-state index in [1.165, 1.54) is 12.1 Å². The lowest BCUT2D eigenvalue weighted by atomic mass is 10.0. The number of carbonyl (C=O) groups excluding carboxylic acids is 1. The van der Waals surface area contributed by atoms with E-state index in [1.807, 2.05) is 54.0 Å². The van der Waals surface area contributed by atoms with Gasteiger partial charge >= 0.3 is 5.97 Å². The van der Waals surface area contributed by atoms with E-state index in [2.05, 4.69) is 0 Å². The van der Waals surface area contributed by atoms with Gasteiger partial charge in [0.2, 0.25) is 10.0 Å². The van der Waals surface area contributed by atoms with Gasteiger partial charge in [0.05, 0.1) is 28.3 Å². The highest BCUT2D eigenvalue weighted by Gasteiger charge is 2.30. The van der Waals surface area contributed by atoms with Crippen LogP contribution in [0.3, 0.4) is 0 Å². The summed E-state index contributed by atoms with van der Waals surface area (Å²) >= 11 is 6.19. The van der Waals surface area contributed by atoms with Crippen LogP contribution in [-0.2, 0) is 14.8 Å². The summed E-state index contributed by atoms with van der Waals surface area (Å²) in [4.78, 5) is 13.3. The molecule has 0 amide bonds. The Morgan fingerprint density at radius 1 is 0.946 bits per heavy atom. The minimum Gasteiger partial charge on any atom is -0.462 e. The van der Waals surface area contributed by atoms with Crippen LogP contribution in [0.25, 0.3) is 39.6 Å². The van der Waals surface area contributed by atoms with Crippen molar-refractivity contribution in [3.8, 4) is 39.6 Å². The number of rotatable bonds is 6. The molecular formula is C28H23ClN2O5S. The summed E-state index contributed by atoms with van der Waals surface area (Å²) in [7, 11) is -3.87. The van der Waals surface area contributed by atoms with Crippen LogP contribution in [0, 0.1) is 6.92 Å². The van der Waals surface area contributed by atoms with E-state index in [0.29, 0.717) is 44.7 Å². The number of fused-ring (bicyclic) bond motifs is 1. The summed E-state index contributed by atoms with van der Waals surface area (Å²) in [6.07, 6.45) is 0. The maximum atomic E-state index is 13.3. The molecule has 9 heteroatoms. The zero-order chi connectivity index (χ0) is 26.3. The first-order valence-corrected chi connectivity index (χ1v) is 13.4. The molecule has 1 aliphatic carbocycles. The van der Waals surface area contributed by atoms with Crippen molar-refractivity contribution in [2.45, 2.75) is 18.7 Å². The lowest BCUT2D eigenvalue weighted by Gasteiger charge is -2.14. The third-order valence-corrected chi connectivity index (χ3v) is 7.30. The van der Waals surface area contributed by atoms with Crippen molar-refractivity contribution >= 4 is 27.6 Å². The maximum absolute atomic E-state index is 13.3. The number of hydrogen-bond acceptors (Lipinski definition) is 5. The van der Waals surface area contributed by atoms with Crippen molar-refractivity contribution in [3.63, 3.8) is 0 Å². The van der Waals surface area contributed by atoms with E-state index < -0.39 is 16.0 Å². The number of benzene rings is 2. The Morgan fingerprint density at radius 3 is 2.27 bits per heavy atom. The number of aromatic nitrogens is 1. The Labute approximate surface area is 219 Å². The van der Waals surface area contributed by atoms with Crippen molar-refractivity contribution in [1.82, 2.24) is 4.57 Å². The molecule has 0 saturated carbocycles. The summed E-state index contributed by atoms with van der Waals surface area (Å²) in [6.45, 7) is 3.75. The second kappa shape index (κ2) is 9.55. The monoisotopic (exact) mass is 534 g/mol. The molecule has 2 N–H and O–H groups in total. The Hall–Kier alpha value is -3.85. The molecule has 7 nitrogen and oxygen atoms in total. The number of sulfonamides is 1. The third-order valence-electron chi connectivity index (χ3n) is 6.12. The first kappa shape index (κ1) is 24.8. The Morgan fingerprint density at radius 2 is 1.62 bits per heavy atom. The molecule has 0 atom stereocenters. The fourth-order valence-corrected chi connectivity index (χ4v) is 5.11. The first-order valence-electron chi connectivity index (χ1n) is 11.5. The molecule has 1 aliphatic heterocycles. The highest BCUT2D eigenvalue weighted by Crippen LogP contribution is 2.43. The summed E-state index contributed by atoms with van der Waals surface area (Å²) in [6, 6.07) is 22.8. The fourth-order valence-electron chi connectivity index (χ4n) is 4.47. The molecule has 2 aromatic carbocycles. The SMILES string of the molecule is CCOC(=O)c1c(-c2ccc3cccc-3o2)c(-c2ccc(Cl)cc2)n(-c2ccc(S(N)(=O)=O)cc2)c1C. The predicted molar refractivity (Wildman–Crippen MR) is 143 cm³/mol. The molecular weight excluding hydrogens is 512 g/mol. The molecule has 0 saturated heterocycles. The van der Waals surface area contributed by atoms with Gasteiger partial charge in [0, 0.05) is 22.0 Å². The summed E-state index contributed by atoms with van der Waals surface area (Å²) in [5, 5.41) is 5.86. The molecule has 1 aromatic heterocycles. The number of esters is 1. The predicted octanol–water partition coefficient (Wildman–Crippen LogP) is 6.30. The molecule has 5 rings (SSSR count). The van der Waals surface area contributed by atoms with Gasteiger partial charge in [-0.25, -0.2) is 18.4 Å². The first-order chi connectivity index (χ1) is 17.7. The number of primary sulfonamides is 1. The molecule has 188 valence electrons. The zero-order valence-corrected chi connectivity index (χ0v) is 21.6. The lowest BCUT2D eigenvalue weighted by Crippen LogP contribution is -2.12. The molecule has 0 radical (unpaired) electrons. The van der Waals surface area contributed by atoms with Crippen molar-refractivity contribution in [1.29, 1.82) is 0 Å². The summed E-state index contributed by atoms with van der Waals surface area (Å²) in [5.41, 5.74) is 4.49. The molecule has 2 heterocycles. The third kappa shape index (κ3) is 4.55. The van der Waals surface area contributed by atoms with Gasteiger partial charge in [-0.1, -0.05) is 35.9 Å². The summed E-state index contributed by atoms with van der Waals surface area (Å²) < 4.78 is 37.3. The van der Waals surface area contributed by atoms with E-state index >= 15 is 0 Å². The average molecular weight is 535 g/mol. The van der Waals surface area contributed by atoms with Crippen LogP contribution in [0.4, 0.5) is 0 Å². The van der Waals surface area contributed by atoms with Crippen molar-refractivity contribution in [3.05, 3.63) is 95.1 Å². The van der Waals surface area contributed by atoms with E-state index in [1.54, 1.807) is 31.2 Å². The molecule has 37 heavy (non-hydrogen) atoms. The second-order valence-electron chi connectivity index (χ2n) is 8.43. The number of ether oxygens (including phenoxy) is 1. The quantitative estimate of drug-likeness (QED) is 0.257. The minimum atomic E-state index is -3.87. The smallest absolute Gasteiger partial charge is 0.340 e. The van der Waals surface area contributed by atoms with Crippen LogP contribution in [0.5, 0.6) is 0 Å². The van der Waals surface area contributed by atoms with Gasteiger partial charge in [-0.05, 0) is 74.0 Å². The topological polar surface area (TPSA) is 105 Å². The lowest BCUT2D eigenvalue weighted by molar-refractivity contribution is 0.0526. The van der Waals surface area contributed by atoms with Crippen LogP contribution >= 0.6 is 11.6 Å². The number of hydrogen-bond donors (Lipinski definition) is 1. The van der Waals surface area contributed by atoms with Gasteiger partial charge in [0.25, 0.3) is 0 Å². The van der Waals surface area contributed by atoms with Gasteiger partial charge in [-0.15, -0.1) is 0 Å². The highest BCUT2D eigenvalue weighted by atomic mass is 35.5. The second-order valence-corrected chi connectivity index (χ2v) is 10.4.